The smallest absolute Gasteiger partial charge is 0.263 e. The van der Waals surface area contributed by atoms with E-state index in [9.17, 15) is 9.18 Å². The number of nitrogens with zero attached hydrogens (tertiary/aromatic N) is 3. The molecule has 5 nitrogen and oxygen atoms in total. The summed E-state index contributed by atoms with van der Waals surface area (Å²) in [4.78, 5) is 23.9. The Kier molecular flexibility index (Phi) is 4.05. The Hall–Kier alpha value is -1.86. The number of aromatic nitrogens is 2. The average Bonchev–Trinajstić information content (AvgIpc) is 3.09. The van der Waals surface area contributed by atoms with Gasteiger partial charge in [0.1, 0.15) is 15.7 Å². The monoisotopic (exact) mass is 346 g/mol. The summed E-state index contributed by atoms with van der Waals surface area (Å²) >= 11 is 1.29. The van der Waals surface area contributed by atoms with E-state index in [2.05, 4.69) is 27.1 Å². The van der Waals surface area contributed by atoms with Gasteiger partial charge in [-0.2, -0.15) is 0 Å². The van der Waals surface area contributed by atoms with Crippen molar-refractivity contribution in [2.24, 2.45) is 5.92 Å². The van der Waals surface area contributed by atoms with Crippen molar-refractivity contribution in [3.63, 3.8) is 0 Å². The summed E-state index contributed by atoms with van der Waals surface area (Å²) in [7, 11) is 0. The fraction of sp³-hybridized carbons (Fsp3) is 0.471. The standard InChI is InChI=1S/C17H19FN4OS/c1-10-15(11-4-6-22(10)7-5-11)21-16(23)14-9-20-17(24-14)13-3-2-12(18)8-19-13/h2-3,8-11,15H,4-7H2,1H3,(H,21,23)/t10-,15+/m1/s1. The highest BCUT2D eigenvalue weighted by atomic mass is 32.1. The Morgan fingerprint density at radius 2 is 2.08 bits per heavy atom. The van der Waals surface area contributed by atoms with Gasteiger partial charge in [0.05, 0.1) is 18.1 Å². The van der Waals surface area contributed by atoms with Crippen LogP contribution in [0, 0.1) is 11.7 Å². The number of halogens is 1. The Morgan fingerprint density at radius 1 is 1.29 bits per heavy atom. The molecular weight excluding hydrogens is 327 g/mol. The second kappa shape index (κ2) is 6.22. The van der Waals surface area contributed by atoms with Crippen molar-refractivity contribution in [1.82, 2.24) is 20.2 Å². The molecule has 2 atom stereocenters. The van der Waals surface area contributed by atoms with E-state index in [-0.39, 0.29) is 17.8 Å². The minimum Gasteiger partial charge on any atom is -0.347 e. The summed E-state index contributed by atoms with van der Waals surface area (Å²) < 4.78 is 13.0. The van der Waals surface area contributed by atoms with E-state index in [1.807, 2.05) is 0 Å². The van der Waals surface area contributed by atoms with Crippen LogP contribution in [0.25, 0.3) is 10.7 Å². The van der Waals surface area contributed by atoms with Crippen LogP contribution in [0.1, 0.15) is 29.4 Å². The van der Waals surface area contributed by atoms with Crippen LogP contribution in [0.2, 0.25) is 0 Å². The molecule has 1 amide bonds. The summed E-state index contributed by atoms with van der Waals surface area (Å²) in [5.41, 5.74) is 0.580. The number of fused-ring (bicyclic) bond motifs is 3. The number of pyridine rings is 1. The molecule has 3 saturated heterocycles. The van der Waals surface area contributed by atoms with Crippen molar-refractivity contribution in [3.05, 3.63) is 35.2 Å². The van der Waals surface area contributed by atoms with Gasteiger partial charge in [-0.1, -0.05) is 0 Å². The van der Waals surface area contributed by atoms with Gasteiger partial charge in [0.15, 0.2) is 0 Å². The zero-order valence-corrected chi connectivity index (χ0v) is 14.2. The van der Waals surface area contributed by atoms with Crippen molar-refractivity contribution in [1.29, 1.82) is 0 Å². The largest absolute Gasteiger partial charge is 0.347 e. The maximum Gasteiger partial charge on any atom is 0.263 e. The molecule has 3 aliphatic rings. The maximum atomic E-state index is 13.0. The van der Waals surface area contributed by atoms with Gasteiger partial charge in [-0.05, 0) is 50.9 Å². The highest BCUT2D eigenvalue weighted by molar-refractivity contribution is 7.16. The molecule has 7 heteroatoms. The van der Waals surface area contributed by atoms with Crippen LogP contribution < -0.4 is 5.32 Å². The van der Waals surface area contributed by atoms with Gasteiger partial charge in [-0.25, -0.2) is 9.37 Å². The molecule has 0 radical (unpaired) electrons. The van der Waals surface area contributed by atoms with Gasteiger partial charge >= 0.3 is 0 Å². The first-order valence-electron chi connectivity index (χ1n) is 8.24. The summed E-state index contributed by atoms with van der Waals surface area (Å²) in [5.74, 6) is 0.108. The van der Waals surface area contributed by atoms with Crippen LogP contribution in [0.4, 0.5) is 4.39 Å². The molecule has 5 rings (SSSR count). The van der Waals surface area contributed by atoms with Crippen molar-refractivity contribution in [2.45, 2.75) is 31.8 Å². The van der Waals surface area contributed by atoms with E-state index < -0.39 is 0 Å². The van der Waals surface area contributed by atoms with Crippen molar-refractivity contribution < 1.29 is 9.18 Å². The number of carbonyl (C=O) groups excluding carboxylic acids is 1. The molecule has 0 saturated carbocycles. The van der Waals surface area contributed by atoms with Crippen LogP contribution in [0.3, 0.4) is 0 Å². The number of amides is 1. The Balaban J connectivity index is 1.48. The lowest BCUT2D eigenvalue weighted by Gasteiger charge is -2.49. The highest BCUT2D eigenvalue weighted by Crippen LogP contribution is 2.32. The van der Waals surface area contributed by atoms with E-state index in [1.165, 1.54) is 17.4 Å². The number of hydrogen-bond acceptors (Lipinski definition) is 5. The van der Waals surface area contributed by atoms with Crippen LogP contribution in [0.5, 0.6) is 0 Å². The van der Waals surface area contributed by atoms with Gasteiger partial charge < -0.3 is 5.32 Å². The number of nitrogens with one attached hydrogen (secondary N) is 1. The second-order valence-corrected chi connectivity index (χ2v) is 7.54. The van der Waals surface area contributed by atoms with E-state index in [0.717, 1.165) is 32.1 Å². The molecule has 2 aromatic rings. The molecule has 3 fully saturated rings. The molecule has 0 aromatic carbocycles. The molecule has 2 aromatic heterocycles. The minimum absolute atomic E-state index is 0.0774. The summed E-state index contributed by atoms with van der Waals surface area (Å²) in [5, 5.41) is 3.83. The number of rotatable bonds is 3. The molecule has 24 heavy (non-hydrogen) atoms. The van der Waals surface area contributed by atoms with E-state index in [1.54, 1.807) is 12.3 Å². The fourth-order valence-corrected chi connectivity index (χ4v) is 4.56. The number of carbonyl (C=O) groups is 1. The molecular formula is C17H19FN4OS. The SMILES string of the molecule is C[C@@H]1[C@H](NC(=O)c2cnc(-c3ccc(F)cn3)s2)C2CCN1CC2. The first-order valence-corrected chi connectivity index (χ1v) is 9.06. The Morgan fingerprint density at radius 3 is 2.75 bits per heavy atom. The molecule has 126 valence electrons. The van der Waals surface area contributed by atoms with Gasteiger partial charge in [-0.3, -0.25) is 14.7 Å². The fourth-order valence-electron chi connectivity index (χ4n) is 3.77. The lowest BCUT2D eigenvalue weighted by molar-refractivity contribution is 0.0218. The highest BCUT2D eigenvalue weighted by Gasteiger charge is 2.40. The van der Waals surface area contributed by atoms with Gasteiger partial charge in [0.25, 0.3) is 5.91 Å². The lowest BCUT2D eigenvalue weighted by Crippen LogP contribution is -2.62. The number of piperidine rings is 3. The van der Waals surface area contributed by atoms with Crippen LogP contribution in [-0.4, -0.2) is 45.9 Å². The van der Waals surface area contributed by atoms with Gasteiger partial charge in [0, 0.05) is 12.1 Å². The number of hydrogen-bond donors (Lipinski definition) is 1. The normalized spacial score (nSPS) is 28.8. The van der Waals surface area contributed by atoms with E-state index >= 15 is 0 Å². The zero-order valence-electron chi connectivity index (χ0n) is 13.4. The maximum absolute atomic E-state index is 13.0. The minimum atomic E-state index is -0.385. The Labute approximate surface area is 143 Å². The zero-order chi connectivity index (χ0) is 16.7. The predicted octanol–water partition coefficient (Wildman–Crippen LogP) is 2.56. The molecule has 1 N–H and O–H groups in total. The van der Waals surface area contributed by atoms with Crippen molar-refractivity contribution >= 4 is 17.2 Å². The second-order valence-electron chi connectivity index (χ2n) is 6.50. The third-order valence-electron chi connectivity index (χ3n) is 5.15. The van der Waals surface area contributed by atoms with E-state index in [0.29, 0.717) is 27.5 Å². The van der Waals surface area contributed by atoms with Gasteiger partial charge in [-0.15, -0.1) is 11.3 Å². The summed E-state index contributed by atoms with van der Waals surface area (Å²) in [6, 6.07) is 3.51. The topological polar surface area (TPSA) is 58.1 Å². The van der Waals surface area contributed by atoms with Crippen LogP contribution >= 0.6 is 11.3 Å². The lowest BCUT2D eigenvalue weighted by atomic mass is 9.79. The Bertz CT molecular complexity index is 737. The van der Waals surface area contributed by atoms with Gasteiger partial charge in [0.2, 0.25) is 0 Å². The third kappa shape index (κ3) is 2.82. The molecule has 2 bridgehead atoms. The van der Waals surface area contributed by atoms with Crippen LogP contribution in [-0.2, 0) is 0 Å². The van der Waals surface area contributed by atoms with Crippen LogP contribution in [0.15, 0.2) is 24.5 Å². The molecule has 5 heterocycles. The molecule has 0 unspecified atom stereocenters. The molecule has 0 aliphatic carbocycles. The first kappa shape index (κ1) is 15.7. The quantitative estimate of drug-likeness (QED) is 0.928. The first-order chi connectivity index (χ1) is 11.6. The average molecular weight is 346 g/mol. The summed E-state index contributed by atoms with van der Waals surface area (Å²) in [6.07, 6.45) is 5.04. The molecule has 0 spiro atoms. The summed E-state index contributed by atoms with van der Waals surface area (Å²) in [6.45, 7) is 4.47. The van der Waals surface area contributed by atoms with Crippen molar-refractivity contribution in [2.75, 3.05) is 13.1 Å². The van der Waals surface area contributed by atoms with Crippen molar-refractivity contribution in [3.8, 4) is 10.7 Å². The molecule has 3 aliphatic heterocycles. The third-order valence-corrected chi connectivity index (χ3v) is 6.17. The number of thiazole rings is 1. The predicted molar refractivity (Wildman–Crippen MR) is 90.3 cm³/mol. The van der Waals surface area contributed by atoms with E-state index in [4.69, 9.17) is 0 Å².